The van der Waals surface area contributed by atoms with Gasteiger partial charge in [0.15, 0.2) is 0 Å². The van der Waals surface area contributed by atoms with E-state index >= 15 is 0 Å². The van der Waals surface area contributed by atoms with Gasteiger partial charge in [-0.2, -0.15) is 0 Å². The highest BCUT2D eigenvalue weighted by molar-refractivity contribution is 9.10. The van der Waals surface area contributed by atoms with E-state index in [1.165, 1.54) is 12.3 Å². The maximum atomic E-state index is 14.2. The summed E-state index contributed by atoms with van der Waals surface area (Å²) < 4.78 is 35.6. The Bertz CT molecular complexity index is 1280. The maximum absolute atomic E-state index is 14.2. The molecule has 7 nitrogen and oxygen atoms in total. The van der Waals surface area contributed by atoms with Gasteiger partial charge in [-0.15, -0.1) is 0 Å². The van der Waals surface area contributed by atoms with Crippen molar-refractivity contribution >= 4 is 22.0 Å². The van der Waals surface area contributed by atoms with E-state index in [1.807, 2.05) is 0 Å². The van der Waals surface area contributed by atoms with Gasteiger partial charge in [-0.1, -0.05) is 36.4 Å². The minimum absolute atomic E-state index is 0.0212. The number of aromatic nitrogens is 2. The summed E-state index contributed by atoms with van der Waals surface area (Å²) in [6, 6.07) is 11.4. The van der Waals surface area contributed by atoms with Crippen molar-refractivity contribution in [3.63, 3.8) is 0 Å². The van der Waals surface area contributed by atoms with E-state index in [0.29, 0.717) is 5.56 Å². The summed E-state index contributed by atoms with van der Waals surface area (Å²) in [5, 5.41) is 2.70. The fourth-order valence-corrected chi connectivity index (χ4v) is 3.76. The molecular formula is C24H24BrF2N3O4. The minimum atomic E-state index is -0.811. The van der Waals surface area contributed by atoms with Gasteiger partial charge in [0, 0.05) is 11.8 Å². The maximum Gasteiger partial charge on any atom is 0.408 e. The highest BCUT2D eigenvalue weighted by atomic mass is 79.9. The lowest BCUT2D eigenvalue weighted by atomic mass is 10.1. The number of ether oxygens (including phenoxy) is 1. The van der Waals surface area contributed by atoms with Crippen LogP contribution in [0.1, 0.15) is 37.9 Å². The monoisotopic (exact) mass is 535 g/mol. The molecule has 1 heterocycles. The second kappa shape index (κ2) is 10.3. The molecule has 0 saturated carbocycles. The molecule has 180 valence electrons. The number of carbonyl (C=O) groups is 1. The SMILES string of the molecule is CC(C)(C)OC(=O)N[C@@H](Cn1c(=O)c(Br)cn(Cc2c(F)cccc2F)c1=O)c1ccccc1. The molecule has 2 aromatic carbocycles. The second-order valence-corrected chi connectivity index (χ2v) is 9.47. The molecule has 10 heteroatoms. The number of halogens is 3. The van der Waals surface area contributed by atoms with Crippen LogP contribution in [0.3, 0.4) is 0 Å². The number of hydrogen-bond acceptors (Lipinski definition) is 4. The first kappa shape index (κ1) is 25.4. The third-order valence-electron chi connectivity index (χ3n) is 4.84. The zero-order chi connectivity index (χ0) is 25.0. The zero-order valence-corrected chi connectivity index (χ0v) is 20.4. The minimum Gasteiger partial charge on any atom is -0.444 e. The zero-order valence-electron chi connectivity index (χ0n) is 18.8. The van der Waals surface area contributed by atoms with Gasteiger partial charge >= 0.3 is 11.8 Å². The molecule has 3 aromatic rings. The molecule has 1 amide bonds. The van der Waals surface area contributed by atoms with Crippen LogP contribution in [0.4, 0.5) is 13.6 Å². The van der Waals surface area contributed by atoms with Gasteiger partial charge in [0.25, 0.3) is 5.56 Å². The van der Waals surface area contributed by atoms with E-state index in [9.17, 15) is 23.2 Å². The van der Waals surface area contributed by atoms with Crippen LogP contribution in [0.25, 0.3) is 0 Å². The Morgan fingerprint density at radius 2 is 1.68 bits per heavy atom. The fourth-order valence-electron chi connectivity index (χ4n) is 3.30. The molecule has 3 rings (SSSR count). The van der Waals surface area contributed by atoms with E-state index in [4.69, 9.17) is 4.74 Å². The first-order valence-corrected chi connectivity index (χ1v) is 11.2. The average Bonchev–Trinajstić information content (AvgIpc) is 2.75. The molecule has 0 unspecified atom stereocenters. The molecule has 0 spiro atoms. The molecular weight excluding hydrogens is 512 g/mol. The largest absolute Gasteiger partial charge is 0.444 e. The number of benzene rings is 2. The molecule has 1 aromatic heterocycles. The second-order valence-electron chi connectivity index (χ2n) is 8.61. The lowest BCUT2D eigenvalue weighted by molar-refractivity contribution is 0.0497. The van der Waals surface area contributed by atoms with Crippen LogP contribution in [0, 0.1) is 11.6 Å². The van der Waals surface area contributed by atoms with Gasteiger partial charge in [0.1, 0.15) is 17.2 Å². The Morgan fingerprint density at radius 3 is 2.26 bits per heavy atom. The van der Waals surface area contributed by atoms with Crippen molar-refractivity contribution in [3.05, 3.63) is 103 Å². The van der Waals surface area contributed by atoms with Gasteiger partial charge in [-0.3, -0.25) is 13.9 Å². The fraction of sp³-hybridized carbons (Fsp3) is 0.292. The Labute approximate surface area is 203 Å². The van der Waals surface area contributed by atoms with Crippen molar-refractivity contribution in [2.45, 2.75) is 45.5 Å². The van der Waals surface area contributed by atoms with Gasteiger partial charge in [0.2, 0.25) is 0 Å². The number of alkyl carbamates (subject to hydrolysis) is 1. The van der Waals surface area contributed by atoms with E-state index in [0.717, 1.165) is 21.3 Å². The summed E-state index contributed by atoms with van der Waals surface area (Å²) in [6.45, 7) is 4.47. The molecule has 0 aliphatic rings. The third-order valence-corrected chi connectivity index (χ3v) is 5.39. The molecule has 0 aliphatic heterocycles. The van der Waals surface area contributed by atoms with E-state index in [2.05, 4.69) is 21.2 Å². The Hall–Kier alpha value is -3.27. The highest BCUT2D eigenvalue weighted by Gasteiger charge is 2.23. The van der Waals surface area contributed by atoms with Gasteiger partial charge < -0.3 is 10.1 Å². The summed E-state index contributed by atoms with van der Waals surface area (Å²) in [7, 11) is 0. The van der Waals surface area contributed by atoms with Crippen LogP contribution in [0.5, 0.6) is 0 Å². The Balaban J connectivity index is 2.01. The molecule has 34 heavy (non-hydrogen) atoms. The summed E-state index contributed by atoms with van der Waals surface area (Å²) >= 11 is 3.13. The molecule has 0 saturated heterocycles. The van der Waals surface area contributed by atoms with Crippen molar-refractivity contribution in [3.8, 4) is 0 Å². The molecule has 0 radical (unpaired) electrons. The number of nitrogens with zero attached hydrogens (tertiary/aromatic N) is 2. The van der Waals surface area contributed by atoms with Gasteiger partial charge in [0.05, 0.1) is 23.6 Å². The number of rotatable bonds is 6. The van der Waals surface area contributed by atoms with Gasteiger partial charge in [-0.25, -0.2) is 18.4 Å². The Morgan fingerprint density at radius 1 is 1.06 bits per heavy atom. The van der Waals surface area contributed by atoms with Crippen LogP contribution < -0.4 is 16.6 Å². The van der Waals surface area contributed by atoms with Crippen molar-refractivity contribution in [1.29, 1.82) is 0 Å². The number of carbonyl (C=O) groups excluding carboxylic acids is 1. The number of nitrogens with one attached hydrogen (secondary N) is 1. The molecule has 1 atom stereocenters. The summed E-state index contributed by atoms with van der Waals surface area (Å²) in [5.74, 6) is -1.62. The predicted octanol–water partition coefficient (Wildman–Crippen LogP) is 4.37. The van der Waals surface area contributed by atoms with Crippen molar-refractivity contribution in [2.24, 2.45) is 0 Å². The quantitative estimate of drug-likeness (QED) is 0.508. The first-order valence-electron chi connectivity index (χ1n) is 10.4. The summed E-state index contributed by atoms with van der Waals surface area (Å²) in [5.41, 5.74) is -1.88. The van der Waals surface area contributed by atoms with Crippen LogP contribution in [0.2, 0.25) is 0 Å². The summed E-state index contributed by atoms with van der Waals surface area (Å²) in [4.78, 5) is 38.4. The normalized spacial score (nSPS) is 12.3. The smallest absolute Gasteiger partial charge is 0.408 e. The number of hydrogen-bond donors (Lipinski definition) is 1. The van der Waals surface area contributed by atoms with Crippen molar-refractivity contribution in [2.75, 3.05) is 0 Å². The highest BCUT2D eigenvalue weighted by Crippen LogP contribution is 2.17. The van der Waals surface area contributed by atoms with Crippen LogP contribution in [-0.2, 0) is 17.8 Å². The third kappa shape index (κ3) is 6.19. The summed E-state index contributed by atoms with van der Waals surface area (Å²) in [6.07, 6.45) is 0.462. The molecule has 1 N–H and O–H groups in total. The van der Waals surface area contributed by atoms with E-state index in [-0.39, 0.29) is 16.6 Å². The van der Waals surface area contributed by atoms with Crippen molar-refractivity contribution in [1.82, 2.24) is 14.5 Å². The first-order chi connectivity index (χ1) is 16.0. The van der Waals surface area contributed by atoms with E-state index in [1.54, 1.807) is 51.1 Å². The Kier molecular flexibility index (Phi) is 7.71. The molecule has 0 fully saturated rings. The average molecular weight is 536 g/mol. The number of amides is 1. The van der Waals surface area contributed by atoms with Crippen molar-refractivity contribution < 1.29 is 18.3 Å². The molecule has 0 aliphatic carbocycles. The van der Waals surface area contributed by atoms with Crippen LogP contribution in [0.15, 0.2) is 68.8 Å². The molecule has 0 bridgehead atoms. The van der Waals surface area contributed by atoms with E-state index < -0.39 is 47.2 Å². The standard InChI is InChI=1S/C24H24BrF2N3O4/c1-24(2,3)34-22(32)28-20(15-8-5-4-6-9-15)14-30-21(31)17(25)13-29(23(30)33)12-16-18(26)10-7-11-19(16)27/h4-11,13,20H,12,14H2,1-3H3,(H,28,32)/t20-/m0/s1. The van der Waals surface area contributed by atoms with Crippen LogP contribution >= 0.6 is 15.9 Å². The predicted molar refractivity (Wildman–Crippen MR) is 127 cm³/mol. The lowest BCUT2D eigenvalue weighted by Crippen LogP contribution is -2.44. The van der Waals surface area contributed by atoms with Crippen LogP contribution in [-0.4, -0.2) is 20.8 Å². The lowest BCUT2D eigenvalue weighted by Gasteiger charge is -2.24. The van der Waals surface area contributed by atoms with Gasteiger partial charge in [-0.05, 0) is 54.4 Å². The topological polar surface area (TPSA) is 82.3 Å².